The molecular weight excluding hydrogens is 388 g/mol. The quantitative estimate of drug-likeness (QED) is 0.210. The van der Waals surface area contributed by atoms with Gasteiger partial charge in [0.15, 0.2) is 5.78 Å². The molecule has 0 aliphatic rings. The van der Waals surface area contributed by atoms with Crippen LogP contribution in [0.25, 0.3) is 0 Å². The van der Waals surface area contributed by atoms with Gasteiger partial charge in [-0.1, -0.05) is 40.5 Å². The second-order valence-corrected chi connectivity index (χ2v) is 8.50. The normalized spacial score (nSPS) is 13.6. The predicted molar refractivity (Wildman–Crippen MR) is 128 cm³/mol. The third-order valence-corrected chi connectivity index (χ3v) is 5.21. The van der Waals surface area contributed by atoms with Crippen LogP contribution < -0.4 is 0 Å². The molecule has 0 spiro atoms. The highest BCUT2D eigenvalue weighted by atomic mass is 16.3. The summed E-state index contributed by atoms with van der Waals surface area (Å²) in [5, 5.41) is 28.8. The van der Waals surface area contributed by atoms with E-state index >= 15 is 0 Å². The number of carbonyl (C=O) groups is 1. The summed E-state index contributed by atoms with van der Waals surface area (Å²) in [6.45, 7) is 9.81. The van der Waals surface area contributed by atoms with Crippen LogP contribution in [0.1, 0.15) is 70.9 Å². The maximum Gasteiger partial charge on any atom is 0.159 e. The van der Waals surface area contributed by atoms with E-state index in [2.05, 4.69) is 19.1 Å². The lowest BCUT2D eigenvalue weighted by atomic mass is 10.0. The predicted octanol–water partition coefficient (Wildman–Crippen LogP) is 6.25. The first-order chi connectivity index (χ1) is 14.6. The van der Waals surface area contributed by atoms with Crippen molar-refractivity contribution in [2.45, 2.75) is 73.1 Å². The maximum atomic E-state index is 12.3. The van der Waals surface area contributed by atoms with E-state index in [0.29, 0.717) is 24.0 Å². The molecule has 3 N–H and O–H groups in total. The Morgan fingerprint density at radius 1 is 0.871 bits per heavy atom. The Hall–Kier alpha value is -2.59. The van der Waals surface area contributed by atoms with E-state index in [0.717, 1.165) is 42.4 Å². The summed E-state index contributed by atoms with van der Waals surface area (Å²) in [5.74, 6) is 0.395. The fourth-order valence-electron chi connectivity index (χ4n) is 3.28. The second-order valence-electron chi connectivity index (χ2n) is 8.50. The van der Waals surface area contributed by atoms with Crippen molar-refractivity contribution in [2.75, 3.05) is 6.61 Å². The first-order valence-electron chi connectivity index (χ1n) is 10.9. The van der Waals surface area contributed by atoms with Crippen molar-refractivity contribution in [1.29, 1.82) is 0 Å². The molecule has 0 aromatic heterocycles. The number of benzene rings is 1. The zero-order valence-electron chi connectivity index (χ0n) is 19.7. The number of phenols is 2. The van der Waals surface area contributed by atoms with Crippen LogP contribution in [0, 0.1) is 6.92 Å². The highest BCUT2D eigenvalue weighted by Crippen LogP contribution is 2.28. The van der Waals surface area contributed by atoms with E-state index in [1.807, 2.05) is 26.8 Å². The molecular formula is C27H38O4. The molecule has 0 saturated heterocycles. The van der Waals surface area contributed by atoms with Crippen molar-refractivity contribution in [1.82, 2.24) is 0 Å². The molecule has 1 rings (SSSR count). The lowest BCUT2D eigenvalue weighted by molar-refractivity contribution is -0.114. The molecule has 0 fully saturated rings. The van der Waals surface area contributed by atoms with Gasteiger partial charge in [0.25, 0.3) is 0 Å². The molecule has 0 aliphatic carbocycles. The Morgan fingerprint density at radius 3 is 2.13 bits per heavy atom. The molecule has 0 bridgehead atoms. The lowest BCUT2D eigenvalue weighted by Gasteiger charge is -2.07. The minimum atomic E-state index is 0.0767. The molecule has 0 saturated carbocycles. The summed E-state index contributed by atoms with van der Waals surface area (Å²) in [6.07, 6.45) is 12.5. The van der Waals surface area contributed by atoms with Crippen LogP contribution in [0.2, 0.25) is 0 Å². The standard InChI is InChI=1S/C27H38O4/c1-19(9-7-11-22(4)18-28)8-6-10-20(2)14-25(29)15-21(3)12-13-24-17-26(30)16-23(5)27(24)31/h8,11-12,14,16-17,28,30-31H,6-7,9-10,13,15,18H2,1-5H3/b19-8+,20-14-,21-12+,22-11-. The van der Waals surface area contributed by atoms with Crippen LogP contribution in [0.4, 0.5) is 0 Å². The number of hydrogen-bond acceptors (Lipinski definition) is 4. The average molecular weight is 427 g/mol. The number of aryl methyl sites for hydroxylation is 1. The number of phenolic OH excluding ortho intramolecular Hbond substituents is 2. The topological polar surface area (TPSA) is 77.8 Å². The van der Waals surface area contributed by atoms with Crippen molar-refractivity contribution in [3.8, 4) is 11.5 Å². The van der Waals surface area contributed by atoms with Gasteiger partial charge in [-0.05, 0) is 90.5 Å². The first-order valence-corrected chi connectivity index (χ1v) is 10.9. The summed E-state index contributed by atoms with van der Waals surface area (Å²) in [4.78, 5) is 12.3. The molecule has 0 atom stereocenters. The number of aliphatic hydroxyl groups excluding tert-OH is 1. The fraction of sp³-hybridized carbons (Fsp3) is 0.444. The highest BCUT2D eigenvalue weighted by molar-refractivity contribution is 5.91. The van der Waals surface area contributed by atoms with Crippen molar-refractivity contribution >= 4 is 5.78 Å². The zero-order chi connectivity index (χ0) is 23.4. The Balaban J connectivity index is 2.50. The van der Waals surface area contributed by atoms with E-state index in [-0.39, 0.29) is 23.9 Å². The zero-order valence-corrected chi connectivity index (χ0v) is 19.7. The molecule has 4 nitrogen and oxygen atoms in total. The third kappa shape index (κ3) is 10.8. The van der Waals surface area contributed by atoms with Gasteiger partial charge in [-0.15, -0.1) is 0 Å². The lowest BCUT2D eigenvalue weighted by Crippen LogP contribution is -1.96. The monoisotopic (exact) mass is 426 g/mol. The van der Waals surface area contributed by atoms with Crippen molar-refractivity contribution in [2.24, 2.45) is 0 Å². The summed E-state index contributed by atoms with van der Waals surface area (Å²) >= 11 is 0. The van der Waals surface area contributed by atoms with E-state index in [1.165, 1.54) is 11.6 Å². The molecule has 1 aromatic carbocycles. The minimum absolute atomic E-state index is 0.0767. The van der Waals surface area contributed by atoms with Gasteiger partial charge in [-0.2, -0.15) is 0 Å². The molecule has 0 heterocycles. The number of aromatic hydroxyl groups is 2. The molecule has 0 aliphatic heterocycles. The first kappa shape index (κ1) is 26.4. The number of hydrogen-bond donors (Lipinski definition) is 3. The van der Waals surface area contributed by atoms with Crippen LogP contribution in [0.15, 0.2) is 58.7 Å². The van der Waals surface area contributed by atoms with Gasteiger partial charge in [-0.25, -0.2) is 0 Å². The number of ketones is 1. The summed E-state index contributed by atoms with van der Waals surface area (Å²) in [6, 6.07) is 3.08. The molecule has 170 valence electrons. The SMILES string of the molecule is C/C(=C/CC/C(C)=C/CC/C(C)=C\C(=O)C/C(C)=C/Cc1cc(O)cc(C)c1O)CO. The van der Waals surface area contributed by atoms with Gasteiger partial charge in [0.2, 0.25) is 0 Å². The van der Waals surface area contributed by atoms with E-state index in [9.17, 15) is 15.0 Å². The molecule has 0 amide bonds. The number of allylic oxidation sites excluding steroid dienone is 7. The van der Waals surface area contributed by atoms with E-state index in [1.54, 1.807) is 19.1 Å². The van der Waals surface area contributed by atoms with Gasteiger partial charge >= 0.3 is 0 Å². The number of carbonyl (C=O) groups excluding carboxylic acids is 1. The van der Waals surface area contributed by atoms with Gasteiger partial charge < -0.3 is 15.3 Å². The number of rotatable bonds is 12. The average Bonchev–Trinajstić information content (AvgIpc) is 2.69. The molecule has 1 aromatic rings. The Labute approximate surface area is 187 Å². The Morgan fingerprint density at radius 2 is 1.48 bits per heavy atom. The van der Waals surface area contributed by atoms with Gasteiger partial charge in [0.1, 0.15) is 11.5 Å². The number of aliphatic hydroxyl groups is 1. The highest BCUT2D eigenvalue weighted by Gasteiger charge is 2.07. The molecule has 0 radical (unpaired) electrons. The van der Waals surface area contributed by atoms with Crippen LogP contribution >= 0.6 is 0 Å². The molecule has 4 heteroatoms. The third-order valence-electron chi connectivity index (χ3n) is 5.21. The smallest absolute Gasteiger partial charge is 0.159 e. The van der Waals surface area contributed by atoms with Crippen molar-refractivity contribution in [3.63, 3.8) is 0 Å². The minimum Gasteiger partial charge on any atom is -0.508 e. The van der Waals surface area contributed by atoms with Crippen molar-refractivity contribution < 1.29 is 20.1 Å². The molecule has 0 unspecified atom stereocenters. The van der Waals surface area contributed by atoms with E-state index < -0.39 is 0 Å². The summed E-state index contributed by atoms with van der Waals surface area (Å²) in [5.41, 5.74) is 5.63. The fourth-order valence-corrected chi connectivity index (χ4v) is 3.28. The second kappa shape index (κ2) is 13.7. The Bertz CT molecular complexity index is 869. The Kier molecular flexibility index (Phi) is 11.7. The molecule has 31 heavy (non-hydrogen) atoms. The van der Waals surface area contributed by atoms with Crippen LogP contribution in [0.3, 0.4) is 0 Å². The largest absolute Gasteiger partial charge is 0.508 e. The van der Waals surface area contributed by atoms with Crippen LogP contribution in [-0.4, -0.2) is 27.7 Å². The van der Waals surface area contributed by atoms with Gasteiger partial charge in [0, 0.05) is 12.0 Å². The van der Waals surface area contributed by atoms with E-state index in [4.69, 9.17) is 5.11 Å². The maximum absolute atomic E-state index is 12.3. The summed E-state index contributed by atoms with van der Waals surface area (Å²) < 4.78 is 0. The van der Waals surface area contributed by atoms with Crippen molar-refractivity contribution in [3.05, 3.63) is 69.9 Å². The van der Waals surface area contributed by atoms with Gasteiger partial charge in [0.05, 0.1) is 6.61 Å². The van der Waals surface area contributed by atoms with Crippen LogP contribution in [-0.2, 0) is 11.2 Å². The van der Waals surface area contributed by atoms with Gasteiger partial charge in [-0.3, -0.25) is 4.79 Å². The summed E-state index contributed by atoms with van der Waals surface area (Å²) in [7, 11) is 0. The van der Waals surface area contributed by atoms with Crippen LogP contribution in [0.5, 0.6) is 11.5 Å².